The first-order valence-electron chi connectivity index (χ1n) is 11.5. The first kappa shape index (κ1) is 23.2. The number of ether oxygens (including phenoxy) is 1. The molecule has 1 atom stereocenters. The molecule has 3 heterocycles. The fourth-order valence-electron chi connectivity index (χ4n) is 4.52. The van der Waals surface area contributed by atoms with Crippen molar-refractivity contribution in [2.24, 2.45) is 5.92 Å². The molecule has 1 aromatic heterocycles. The highest BCUT2D eigenvalue weighted by Crippen LogP contribution is 2.35. The number of nitrogens with zero attached hydrogens (tertiary/aromatic N) is 4. The molecule has 2 aliphatic heterocycles. The number of carbonyl (C=O) groups is 2. The molecule has 0 radical (unpaired) electrons. The third-order valence-electron chi connectivity index (χ3n) is 6.52. The molecule has 0 spiro atoms. The van der Waals surface area contributed by atoms with Gasteiger partial charge in [0.25, 0.3) is 0 Å². The molecule has 3 aromatic rings. The van der Waals surface area contributed by atoms with Gasteiger partial charge in [-0.1, -0.05) is 41.1 Å². The van der Waals surface area contributed by atoms with Crippen molar-refractivity contribution < 1.29 is 14.3 Å². The van der Waals surface area contributed by atoms with E-state index in [2.05, 4.69) is 4.90 Å². The number of carbonyl (C=O) groups excluding carboxylic acids is 2. The Balaban J connectivity index is 1.41. The lowest BCUT2D eigenvalue weighted by Crippen LogP contribution is -2.45. The molecule has 7 nitrogen and oxygen atoms in total. The molecule has 5 rings (SSSR count). The number of aromatic nitrogens is 1. The number of amides is 2. The summed E-state index contributed by atoms with van der Waals surface area (Å²) in [6, 6.07) is 13.4. The van der Waals surface area contributed by atoms with Crippen LogP contribution in [0.1, 0.15) is 12.0 Å². The van der Waals surface area contributed by atoms with Crippen LogP contribution in [0.25, 0.3) is 10.2 Å². The molecule has 2 aromatic carbocycles. The van der Waals surface area contributed by atoms with E-state index in [4.69, 9.17) is 21.3 Å². The Hall–Kier alpha value is -2.52. The van der Waals surface area contributed by atoms with Gasteiger partial charge in [-0.25, -0.2) is 4.98 Å². The van der Waals surface area contributed by atoms with Gasteiger partial charge >= 0.3 is 0 Å². The second kappa shape index (κ2) is 10.00. The van der Waals surface area contributed by atoms with Crippen LogP contribution in [0.3, 0.4) is 0 Å². The minimum atomic E-state index is -0.408. The quantitative estimate of drug-likeness (QED) is 0.514. The number of hydrogen-bond donors (Lipinski definition) is 0. The Morgan fingerprint density at radius 1 is 1.21 bits per heavy atom. The summed E-state index contributed by atoms with van der Waals surface area (Å²) in [7, 11) is 0. The number of fused-ring (bicyclic) bond motifs is 1. The number of halogens is 1. The van der Waals surface area contributed by atoms with Crippen LogP contribution in [-0.2, 0) is 14.3 Å². The van der Waals surface area contributed by atoms with Crippen molar-refractivity contribution >= 4 is 55.8 Å². The number of morpholine rings is 1. The summed E-state index contributed by atoms with van der Waals surface area (Å²) in [4.78, 5) is 37.2. The molecule has 1 unspecified atom stereocenters. The standard InChI is InChI=1S/C25H27ClN4O3S/c1-17-20(26)7-8-21-23(17)27-25(34-21)29(10-9-28-11-13-33-14-12-28)24(32)18-15-22(31)30(16-18)19-5-3-2-4-6-19/h2-8,18H,9-16H2,1H3. The van der Waals surface area contributed by atoms with Gasteiger partial charge in [0.15, 0.2) is 5.13 Å². The molecule has 0 bridgehead atoms. The molecule has 0 aliphatic carbocycles. The third-order valence-corrected chi connectivity index (χ3v) is 7.97. The van der Waals surface area contributed by atoms with Crippen molar-refractivity contribution in [1.29, 1.82) is 0 Å². The Labute approximate surface area is 207 Å². The van der Waals surface area contributed by atoms with Crippen molar-refractivity contribution in [3.05, 3.63) is 53.1 Å². The highest BCUT2D eigenvalue weighted by atomic mass is 35.5. The highest BCUT2D eigenvalue weighted by molar-refractivity contribution is 7.22. The number of anilines is 2. The van der Waals surface area contributed by atoms with Crippen LogP contribution in [0.15, 0.2) is 42.5 Å². The topological polar surface area (TPSA) is 66.0 Å². The zero-order valence-electron chi connectivity index (χ0n) is 19.1. The van der Waals surface area contributed by atoms with E-state index >= 15 is 0 Å². The summed E-state index contributed by atoms with van der Waals surface area (Å²) in [6.45, 7) is 6.68. The lowest BCUT2D eigenvalue weighted by atomic mass is 10.1. The average Bonchev–Trinajstić information content (AvgIpc) is 3.47. The molecule has 0 N–H and O–H groups in total. The maximum atomic E-state index is 13.8. The smallest absolute Gasteiger partial charge is 0.234 e. The third kappa shape index (κ3) is 4.68. The summed E-state index contributed by atoms with van der Waals surface area (Å²) < 4.78 is 6.46. The Morgan fingerprint density at radius 2 is 1.97 bits per heavy atom. The van der Waals surface area contributed by atoms with Crippen LogP contribution < -0.4 is 9.80 Å². The van der Waals surface area contributed by atoms with E-state index in [-0.39, 0.29) is 18.2 Å². The first-order valence-corrected chi connectivity index (χ1v) is 12.7. The van der Waals surface area contributed by atoms with Gasteiger partial charge in [-0.3, -0.25) is 19.4 Å². The van der Waals surface area contributed by atoms with Gasteiger partial charge < -0.3 is 9.64 Å². The summed E-state index contributed by atoms with van der Waals surface area (Å²) >= 11 is 7.81. The van der Waals surface area contributed by atoms with E-state index in [9.17, 15) is 9.59 Å². The van der Waals surface area contributed by atoms with E-state index in [1.807, 2.05) is 49.4 Å². The van der Waals surface area contributed by atoms with Crippen LogP contribution in [0.5, 0.6) is 0 Å². The first-order chi connectivity index (χ1) is 16.5. The Kier molecular flexibility index (Phi) is 6.83. The molecule has 2 saturated heterocycles. The SMILES string of the molecule is Cc1c(Cl)ccc2sc(N(CCN3CCOCC3)C(=O)C3CC(=O)N(c4ccccc4)C3)nc12. The Morgan fingerprint density at radius 3 is 2.74 bits per heavy atom. The van der Waals surface area contributed by atoms with E-state index in [0.29, 0.717) is 36.5 Å². The Bertz CT molecular complexity index is 1200. The normalized spacial score (nSPS) is 19.2. The molecule has 2 fully saturated rings. The second-order valence-corrected chi connectivity index (χ2v) is 10.1. The number of para-hydroxylation sites is 1. The number of hydrogen-bond acceptors (Lipinski definition) is 6. The van der Waals surface area contributed by atoms with E-state index in [1.165, 1.54) is 11.3 Å². The predicted molar refractivity (Wildman–Crippen MR) is 136 cm³/mol. The second-order valence-electron chi connectivity index (χ2n) is 8.70. The molecule has 178 valence electrons. The van der Waals surface area contributed by atoms with E-state index < -0.39 is 5.92 Å². The van der Waals surface area contributed by atoms with Crippen LogP contribution in [0, 0.1) is 12.8 Å². The van der Waals surface area contributed by atoms with Gasteiger partial charge in [0, 0.05) is 49.9 Å². The van der Waals surface area contributed by atoms with Crippen LogP contribution in [0.4, 0.5) is 10.8 Å². The molecule has 2 aliphatic rings. The minimum Gasteiger partial charge on any atom is -0.379 e. The van der Waals surface area contributed by atoms with Gasteiger partial charge in [-0.15, -0.1) is 0 Å². The minimum absolute atomic E-state index is 0.0235. The number of aryl methyl sites for hydroxylation is 1. The van der Waals surface area contributed by atoms with Crippen molar-refractivity contribution in [3.63, 3.8) is 0 Å². The highest BCUT2D eigenvalue weighted by Gasteiger charge is 2.38. The number of rotatable bonds is 6. The van der Waals surface area contributed by atoms with Crippen molar-refractivity contribution in [1.82, 2.24) is 9.88 Å². The maximum absolute atomic E-state index is 13.8. The molecule has 34 heavy (non-hydrogen) atoms. The average molecular weight is 499 g/mol. The van der Waals surface area contributed by atoms with Gasteiger partial charge in [-0.05, 0) is 36.8 Å². The number of benzene rings is 2. The summed E-state index contributed by atoms with van der Waals surface area (Å²) in [5.74, 6) is -0.485. The summed E-state index contributed by atoms with van der Waals surface area (Å²) in [6.07, 6.45) is 0.206. The van der Waals surface area contributed by atoms with Gasteiger partial charge in [0.2, 0.25) is 11.8 Å². The lowest BCUT2D eigenvalue weighted by Gasteiger charge is -2.30. The van der Waals surface area contributed by atoms with Gasteiger partial charge in [0.1, 0.15) is 0 Å². The summed E-state index contributed by atoms with van der Waals surface area (Å²) in [5.41, 5.74) is 2.56. The van der Waals surface area contributed by atoms with Crippen LogP contribution in [-0.4, -0.2) is 67.6 Å². The summed E-state index contributed by atoms with van der Waals surface area (Å²) in [5, 5.41) is 1.32. The van der Waals surface area contributed by atoms with Gasteiger partial charge in [0.05, 0.1) is 29.3 Å². The zero-order valence-corrected chi connectivity index (χ0v) is 20.6. The number of thiazole rings is 1. The van der Waals surface area contributed by atoms with Crippen molar-refractivity contribution in [2.45, 2.75) is 13.3 Å². The maximum Gasteiger partial charge on any atom is 0.234 e. The van der Waals surface area contributed by atoms with Crippen LogP contribution in [0.2, 0.25) is 5.02 Å². The molecule has 0 saturated carbocycles. The van der Waals surface area contributed by atoms with Crippen LogP contribution >= 0.6 is 22.9 Å². The largest absolute Gasteiger partial charge is 0.379 e. The lowest BCUT2D eigenvalue weighted by molar-refractivity contribution is -0.124. The molecular formula is C25H27ClN4O3S. The fraction of sp³-hybridized carbons (Fsp3) is 0.400. The zero-order chi connectivity index (χ0) is 23.7. The van der Waals surface area contributed by atoms with Crippen molar-refractivity contribution in [3.8, 4) is 0 Å². The molecular weight excluding hydrogens is 472 g/mol. The monoisotopic (exact) mass is 498 g/mol. The van der Waals surface area contributed by atoms with Crippen molar-refractivity contribution in [2.75, 3.05) is 55.7 Å². The van der Waals surface area contributed by atoms with Gasteiger partial charge in [-0.2, -0.15) is 0 Å². The van der Waals surface area contributed by atoms with E-state index in [1.54, 1.807) is 9.80 Å². The molecule has 2 amide bonds. The molecule has 9 heteroatoms. The van der Waals surface area contributed by atoms with E-state index in [0.717, 1.165) is 41.1 Å². The predicted octanol–water partition coefficient (Wildman–Crippen LogP) is 3.98. The fourth-order valence-corrected chi connectivity index (χ4v) is 5.73.